The van der Waals surface area contributed by atoms with Crippen molar-refractivity contribution in [2.24, 2.45) is 5.41 Å². The highest BCUT2D eigenvalue weighted by molar-refractivity contribution is 5.75. The molecule has 3 N–H and O–H groups in total. The number of nitrogens with zero attached hydrogens (tertiary/aromatic N) is 1. The Balaban J connectivity index is 2.58. The lowest BCUT2D eigenvalue weighted by Gasteiger charge is -2.30. The van der Waals surface area contributed by atoms with E-state index in [2.05, 4.69) is 15.6 Å². The lowest BCUT2D eigenvalue weighted by molar-refractivity contribution is -0.138. The van der Waals surface area contributed by atoms with Crippen LogP contribution in [0, 0.1) is 12.3 Å². The molecule has 0 saturated heterocycles. The molecule has 0 bridgehead atoms. The van der Waals surface area contributed by atoms with Crippen molar-refractivity contribution in [1.29, 1.82) is 0 Å². The Hall–Kier alpha value is -2.11. The van der Waals surface area contributed by atoms with E-state index in [1.165, 1.54) is 0 Å². The highest BCUT2D eigenvalue weighted by Crippen LogP contribution is 2.21. The molecule has 6 heteroatoms. The smallest absolute Gasteiger partial charge is 0.315 e. The van der Waals surface area contributed by atoms with Crippen molar-refractivity contribution in [1.82, 2.24) is 15.6 Å². The van der Waals surface area contributed by atoms with Gasteiger partial charge in [0, 0.05) is 25.0 Å². The first-order chi connectivity index (χ1) is 9.70. The van der Waals surface area contributed by atoms with Gasteiger partial charge in [-0.25, -0.2) is 4.79 Å². The van der Waals surface area contributed by atoms with Crippen LogP contribution in [0.25, 0.3) is 0 Å². The zero-order valence-corrected chi connectivity index (χ0v) is 12.9. The number of nitrogens with one attached hydrogen (secondary N) is 2. The number of aliphatic carboxylic acids is 1. The van der Waals surface area contributed by atoms with E-state index in [0.29, 0.717) is 6.54 Å². The van der Waals surface area contributed by atoms with Crippen LogP contribution < -0.4 is 10.6 Å². The molecule has 6 nitrogen and oxygen atoms in total. The van der Waals surface area contributed by atoms with E-state index in [0.717, 1.165) is 11.1 Å². The number of carbonyl (C=O) groups excluding carboxylic acids is 1. The van der Waals surface area contributed by atoms with Crippen molar-refractivity contribution in [3.63, 3.8) is 0 Å². The number of carboxylic acid groups (broad SMARTS) is 1. The summed E-state index contributed by atoms with van der Waals surface area (Å²) in [5.41, 5.74) is 1.64. The molecule has 0 aliphatic heterocycles. The summed E-state index contributed by atoms with van der Waals surface area (Å²) in [5, 5.41) is 14.4. The lowest BCUT2D eigenvalue weighted by Crippen LogP contribution is -2.48. The third-order valence-corrected chi connectivity index (χ3v) is 3.32. The number of hydrogen-bond donors (Lipinski definition) is 3. The molecule has 21 heavy (non-hydrogen) atoms. The molecule has 1 atom stereocenters. The third-order valence-electron chi connectivity index (χ3n) is 3.32. The maximum absolute atomic E-state index is 11.9. The fourth-order valence-electron chi connectivity index (χ4n) is 1.81. The van der Waals surface area contributed by atoms with Gasteiger partial charge in [-0.3, -0.25) is 9.78 Å². The average Bonchev–Trinajstić information content (AvgIpc) is 2.35. The summed E-state index contributed by atoms with van der Waals surface area (Å²) in [4.78, 5) is 26.8. The zero-order valence-electron chi connectivity index (χ0n) is 12.9. The summed E-state index contributed by atoms with van der Waals surface area (Å²) in [7, 11) is 0. The summed E-state index contributed by atoms with van der Waals surface area (Å²) >= 11 is 0. The predicted molar refractivity (Wildman–Crippen MR) is 79.8 cm³/mol. The van der Waals surface area contributed by atoms with E-state index in [1.54, 1.807) is 12.4 Å². The van der Waals surface area contributed by atoms with Gasteiger partial charge in [0.15, 0.2) is 0 Å². The Labute approximate surface area is 125 Å². The highest BCUT2D eigenvalue weighted by Gasteiger charge is 2.28. The molecular formula is C15H23N3O3. The maximum atomic E-state index is 11.9. The summed E-state index contributed by atoms with van der Waals surface area (Å²) < 4.78 is 0. The normalized spacial score (nSPS) is 12.6. The van der Waals surface area contributed by atoms with Crippen molar-refractivity contribution >= 4 is 12.0 Å². The minimum Gasteiger partial charge on any atom is -0.481 e. The summed E-state index contributed by atoms with van der Waals surface area (Å²) in [6, 6.07) is 1.06. The Morgan fingerprint density at radius 2 is 2.05 bits per heavy atom. The van der Waals surface area contributed by atoms with Gasteiger partial charge in [0.25, 0.3) is 0 Å². The summed E-state index contributed by atoms with van der Waals surface area (Å²) in [5.74, 6) is -0.932. The molecule has 0 radical (unpaired) electrons. The third kappa shape index (κ3) is 5.81. The minimum atomic E-state index is -0.932. The van der Waals surface area contributed by atoms with E-state index in [4.69, 9.17) is 5.11 Å². The standard InChI is InChI=1S/C15H23N3O3/c1-10-5-6-16-8-11(10)9-17-14(21)18-12(7-13(19)20)15(2,3)4/h5-6,8,12H,7,9H2,1-4H3,(H,19,20)(H2,17,18,21). The van der Waals surface area contributed by atoms with Gasteiger partial charge >= 0.3 is 12.0 Å². The molecule has 0 fully saturated rings. The molecule has 1 aromatic heterocycles. The van der Waals surface area contributed by atoms with Crippen LogP contribution in [0.5, 0.6) is 0 Å². The van der Waals surface area contributed by atoms with Crippen molar-refractivity contribution in [2.75, 3.05) is 0 Å². The van der Waals surface area contributed by atoms with Gasteiger partial charge in [-0.2, -0.15) is 0 Å². The molecule has 116 valence electrons. The van der Waals surface area contributed by atoms with Crippen LogP contribution in [-0.2, 0) is 11.3 Å². The first-order valence-corrected chi connectivity index (χ1v) is 6.86. The SMILES string of the molecule is Cc1ccncc1CNC(=O)NC(CC(=O)O)C(C)(C)C. The number of pyridine rings is 1. The molecule has 0 saturated carbocycles. The first kappa shape index (κ1) is 16.9. The summed E-state index contributed by atoms with van der Waals surface area (Å²) in [6.07, 6.45) is 3.29. The quantitative estimate of drug-likeness (QED) is 0.775. The Bertz CT molecular complexity index is 509. The topological polar surface area (TPSA) is 91.3 Å². The van der Waals surface area contributed by atoms with Crippen LogP contribution in [0.2, 0.25) is 0 Å². The van der Waals surface area contributed by atoms with E-state index in [9.17, 15) is 9.59 Å². The molecule has 1 unspecified atom stereocenters. The number of rotatable bonds is 5. The lowest BCUT2D eigenvalue weighted by atomic mass is 9.85. The van der Waals surface area contributed by atoms with Crippen molar-refractivity contribution in [3.05, 3.63) is 29.6 Å². The Morgan fingerprint density at radius 3 is 2.57 bits per heavy atom. The largest absolute Gasteiger partial charge is 0.481 e. The Morgan fingerprint density at radius 1 is 1.38 bits per heavy atom. The van der Waals surface area contributed by atoms with Gasteiger partial charge in [-0.15, -0.1) is 0 Å². The molecule has 0 aliphatic rings. The van der Waals surface area contributed by atoms with E-state index >= 15 is 0 Å². The van der Waals surface area contributed by atoms with Crippen molar-refractivity contribution < 1.29 is 14.7 Å². The number of carboxylic acids is 1. The summed E-state index contributed by atoms with van der Waals surface area (Å²) in [6.45, 7) is 7.98. The van der Waals surface area contributed by atoms with Crippen LogP contribution >= 0.6 is 0 Å². The predicted octanol–water partition coefficient (Wildman–Crippen LogP) is 2.08. The van der Waals surface area contributed by atoms with Crippen LogP contribution in [-0.4, -0.2) is 28.1 Å². The fraction of sp³-hybridized carbons (Fsp3) is 0.533. The van der Waals surface area contributed by atoms with E-state index < -0.39 is 12.0 Å². The van der Waals surface area contributed by atoms with Crippen LogP contribution in [0.3, 0.4) is 0 Å². The zero-order chi connectivity index (χ0) is 16.0. The second-order valence-electron chi connectivity index (χ2n) is 6.15. The number of amides is 2. The number of hydrogen-bond acceptors (Lipinski definition) is 3. The second kappa shape index (κ2) is 7.06. The fourth-order valence-corrected chi connectivity index (χ4v) is 1.81. The van der Waals surface area contributed by atoms with Crippen LogP contribution in [0.4, 0.5) is 4.79 Å². The number of aryl methyl sites for hydroxylation is 1. The van der Waals surface area contributed by atoms with Gasteiger partial charge < -0.3 is 15.7 Å². The van der Waals surface area contributed by atoms with Gasteiger partial charge in [0.05, 0.1) is 6.42 Å². The van der Waals surface area contributed by atoms with E-state index in [1.807, 2.05) is 33.8 Å². The Kier molecular flexibility index (Phi) is 5.69. The molecular weight excluding hydrogens is 270 g/mol. The monoisotopic (exact) mass is 293 g/mol. The number of urea groups is 1. The average molecular weight is 293 g/mol. The highest BCUT2D eigenvalue weighted by atomic mass is 16.4. The molecule has 1 heterocycles. The molecule has 0 aliphatic carbocycles. The van der Waals surface area contributed by atoms with Crippen molar-refractivity contribution in [2.45, 2.75) is 46.7 Å². The minimum absolute atomic E-state index is 0.108. The number of carbonyl (C=O) groups is 2. The van der Waals surface area contributed by atoms with Crippen molar-refractivity contribution in [3.8, 4) is 0 Å². The van der Waals surface area contributed by atoms with Crippen LogP contribution in [0.1, 0.15) is 38.3 Å². The molecule has 2 amide bonds. The number of aromatic nitrogens is 1. The second-order valence-corrected chi connectivity index (χ2v) is 6.15. The van der Waals surface area contributed by atoms with Gasteiger partial charge in [-0.1, -0.05) is 20.8 Å². The van der Waals surface area contributed by atoms with E-state index in [-0.39, 0.29) is 17.9 Å². The van der Waals surface area contributed by atoms with Gasteiger partial charge in [0.2, 0.25) is 0 Å². The molecule has 0 spiro atoms. The van der Waals surface area contributed by atoms with Gasteiger partial charge in [0.1, 0.15) is 0 Å². The maximum Gasteiger partial charge on any atom is 0.315 e. The molecule has 0 aromatic carbocycles. The van der Waals surface area contributed by atoms with Gasteiger partial charge in [-0.05, 0) is 29.5 Å². The molecule has 1 rings (SSSR count). The first-order valence-electron chi connectivity index (χ1n) is 6.86. The van der Waals surface area contributed by atoms with Crippen LogP contribution in [0.15, 0.2) is 18.5 Å². The molecule has 1 aromatic rings.